The fourth-order valence-electron chi connectivity index (χ4n) is 5.34. The highest BCUT2D eigenvalue weighted by atomic mass is 32.2. The Kier molecular flexibility index (Phi) is 19.7. The molecule has 0 bridgehead atoms. The number of ether oxygens (including phenoxy) is 1. The maximum atomic E-state index is 13.7. The number of hydrogen-bond donors (Lipinski definition) is 1. The van der Waals surface area contributed by atoms with E-state index in [1.807, 2.05) is 36.0 Å². The normalized spacial score (nSPS) is 11.1. The molecule has 0 atom stereocenters. The highest BCUT2D eigenvalue weighted by molar-refractivity contribution is 7.99. The van der Waals surface area contributed by atoms with Crippen LogP contribution >= 0.6 is 11.8 Å². The van der Waals surface area contributed by atoms with Gasteiger partial charge in [-0.25, -0.2) is 0 Å². The fourth-order valence-corrected chi connectivity index (χ4v) is 6.23. The summed E-state index contributed by atoms with van der Waals surface area (Å²) in [6.07, 6.45) is 20.6. The van der Waals surface area contributed by atoms with Crippen LogP contribution in [-0.2, 0) is 0 Å². The molecule has 0 aromatic heterocycles. The quantitative estimate of drug-likeness (QED) is 0.115. The molecule has 0 saturated carbocycles. The maximum Gasteiger partial charge on any atom is 0.257 e. The predicted molar refractivity (Wildman–Crippen MR) is 180 cm³/mol. The lowest BCUT2D eigenvalue weighted by molar-refractivity contribution is 0.0752. The van der Waals surface area contributed by atoms with Gasteiger partial charge in [-0.3, -0.25) is 4.79 Å². The number of rotatable bonds is 25. The van der Waals surface area contributed by atoms with E-state index in [-0.39, 0.29) is 23.6 Å². The fraction of sp³-hybridized carbons (Fsp3) is 0.667. The van der Waals surface area contributed by atoms with E-state index in [1.165, 1.54) is 89.9 Å². The molecule has 0 saturated heterocycles. The van der Waals surface area contributed by atoms with Crippen LogP contribution in [0.5, 0.6) is 11.5 Å². The minimum Gasteiger partial charge on any atom is -0.506 e. The summed E-state index contributed by atoms with van der Waals surface area (Å²) in [6, 6.07) is 11.4. The maximum absolute atomic E-state index is 13.7. The van der Waals surface area contributed by atoms with E-state index < -0.39 is 0 Å². The zero-order valence-electron chi connectivity index (χ0n) is 26.5. The van der Waals surface area contributed by atoms with E-state index in [2.05, 4.69) is 19.9 Å². The van der Waals surface area contributed by atoms with Crippen molar-refractivity contribution in [3.63, 3.8) is 0 Å². The molecule has 42 heavy (non-hydrogen) atoms. The second kappa shape index (κ2) is 23.1. The molecule has 5 nitrogen and oxygen atoms in total. The summed E-state index contributed by atoms with van der Waals surface area (Å²) in [5.74, 6) is 2.38. The standard InChI is InChI=1S/C36H56N2O3S/c1-3-5-7-8-9-10-11-12-13-14-15-16-17-20-25-38(26-21-24-37)36(40)33-30-34(41-27-29-42-28-6-4-2)31-22-18-19-23-32(31)35(33)39/h18-19,22-23,30,39H,3-17,20-21,25-29H2,1-2H3. The number of phenolic OH excluding ortho intramolecular Hbond substituents is 1. The summed E-state index contributed by atoms with van der Waals surface area (Å²) in [6.45, 7) is 5.97. The third kappa shape index (κ3) is 13.7. The van der Waals surface area contributed by atoms with E-state index in [4.69, 9.17) is 4.74 Å². The number of nitrogens with zero attached hydrogens (tertiary/aromatic N) is 2. The average molecular weight is 597 g/mol. The van der Waals surface area contributed by atoms with Crippen LogP contribution in [0.1, 0.15) is 133 Å². The van der Waals surface area contributed by atoms with Crippen molar-refractivity contribution < 1.29 is 14.6 Å². The van der Waals surface area contributed by atoms with Crippen molar-refractivity contribution in [2.45, 2.75) is 123 Å². The number of hydrogen-bond acceptors (Lipinski definition) is 5. The van der Waals surface area contributed by atoms with Crippen molar-refractivity contribution in [1.29, 1.82) is 5.26 Å². The average Bonchev–Trinajstić information content (AvgIpc) is 3.01. The van der Waals surface area contributed by atoms with Gasteiger partial charge in [-0.2, -0.15) is 17.0 Å². The zero-order valence-corrected chi connectivity index (χ0v) is 27.3. The van der Waals surface area contributed by atoms with E-state index >= 15 is 0 Å². The van der Waals surface area contributed by atoms with Gasteiger partial charge in [-0.05, 0) is 24.7 Å². The van der Waals surface area contributed by atoms with Gasteiger partial charge in [-0.15, -0.1) is 0 Å². The number of unbranched alkanes of at least 4 members (excludes halogenated alkanes) is 14. The highest BCUT2D eigenvalue weighted by Gasteiger charge is 2.22. The predicted octanol–water partition coefficient (Wildman–Crippen LogP) is 10.3. The number of thioether (sulfide) groups is 1. The van der Waals surface area contributed by atoms with Gasteiger partial charge in [0.25, 0.3) is 5.91 Å². The Morgan fingerprint density at radius 3 is 1.98 bits per heavy atom. The third-order valence-electron chi connectivity index (χ3n) is 7.90. The Morgan fingerprint density at radius 2 is 1.38 bits per heavy atom. The van der Waals surface area contributed by atoms with Crippen molar-refractivity contribution in [3.8, 4) is 17.6 Å². The lowest BCUT2D eigenvalue weighted by Gasteiger charge is -2.23. The molecule has 234 valence electrons. The SMILES string of the molecule is CCCCCCCCCCCCCCCCN(CCC#N)C(=O)c1cc(OCCSCCCC)c2ccccc2c1O. The molecule has 0 radical (unpaired) electrons. The summed E-state index contributed by atoms with van der Waals surface area (Å²) in [5, 5.41) is 21.8. The van der Waals surface area contributed by atoms with Crippen LogP contribution in [0.3, 0.4) is 0 Å². The molecule has 2 aromatic rings. The molecular formula is C36H56N2O3S. The molecule has 6 heteroatoms. The highest BCUT2D eigenvalue weighted by Crippen LogP contribution is 2.37. The molecule has 1 N–H and O–H groups in total. The molecule has 0 aliphatic heterocycles. The van der Waals surface area contributed by atoms with Crippen molar-refractivity contribution in [1.82, 2.24) is 4.90 Å². The van der Waals surface area contributed by atoms with Gasteiger partial charge in [-0.1, -0.05) is 128 Å². The van der Waals surface area contributed by atoms with Crippen molar-refractivity contribution in [2.24, 2.45) is 0 Å². The number of fused-ring (bicyclic) bond motifs is 1. The molecular weight excluding hydrogens is 540 g/mol. The van der Waals surface area contributed by atoms with Crippen molar-refractivity contribution in [3.05, 3.63) is 35.9 Å². The number of nitriles is 1. The monoisotopic (exact) mass is 596 g/mol. The minimum absolute atomic E-state index is 0.0109. The Morgan fingerprint density at radius 1 is 0.810 bits per heavy atom. The Balaban J connectivity index is 1.86. The van der Waals surface area contributed by atoms with Gasteiger partial charge < -0.3 is 14.7 Å². The van der Waals surface area contributed by atoms with Crippen LogP contribution in [-0.4, -0.2) is 47.1 Å². The first-order valence-corrected chi connectivity index (χ1v) is 17.9. The number of carbonyl (C=O) groups excluding carboxylic acids is 1. The summed E-state index contributed by atoms with van der Waals surface area (Å²) < 4.78 is 6.14. The van der Waals surface area contributed by atoms with Gasteiger partial charge in [0.1, 0.15) is 11.5 Å². The minimum atomic E-state index is -0.231. The first-order chi connectivity index (χ1) is 20.6. The molecule has 0 aliphatic carbocycles. The summed E-state index contributed by atoms with van der Waals surface area (Å²) in [5.41, 5.74) is 0.255. The van der Waals surface area contributed by atoms with E-state index in [9.17, 15) is 15.2 Å². The van der Waals surface area contributed by atoms with Crippen LogP contribution in [0.15, 0.2) is 30.3 Å². The van der Waals surface area contributed by atoms with Crippen LogP contribution < -0.4 is 4.74 Å². The second-order valence-electron chi connectivity index (χ2n) is 11.4. The van der Waals surface area contributed by atoms with Gasteiger partial charge in [0, 0.05) is 29.6 Å². The molecule has 0 spiro atoms. The molecule has 0 fully saturated rings. The number of aromatic hydroxyl groups is 1. The molecule has 0 heterocycles. The van der Waals surface area contributed by atoms with E-state index in [0.29, 0.717) is 30.8 Å². The van der Waals surface area contributed by atoms with Crippen LogP contribution in [0.25, 0.3) is 10.8 Å². The number of amides is 1. The Bertz CT molecular complexity index is 1050. The number of phenols is 1. The van der Waals surface area contributed by atoms with Gasteiger partial charge in [0.2, 0.25) is 0 Å². The molecule has 0 aliphatic rings. The van der Waals surface area contributed by atoms with E-state index in [1.54, 1.807) is 11.0 Å². The molecule has 0 unspecified atom stereocenters. The zero-order chi connectivity index (χ0) is 30.3. The third-order valence-corrected chi connectivity index (χ3v) is 8.93. The molecule has 2 aromatic carbocycles. The summed E-state index contributed by atoms with van der Waals surface area (Å²) in [7, 11) is 0. The van der Waals surface area contributed by atoms with Gasteiger partial charge in [0.05, 0.1) is 24.7 Å². The van der Waals surface area contributed by atoms with Crippen molar-refractivity contribution in [2.75, 3.05) is 31.2 Å². The lowest BCUT2D eigenvalue weighted by atomic mass is 10.0. The molecule has 2 rings (SSSR count). The second-order valence-corrected chi connectivity index (χ2v) is 12.7. The largest absolute Gasteiger partial charge is 0.506 e. The smallest absolute Gasteiger partial charge is 0.257 e. The summed E-state index contributed by atoms with van der Waals surface area (Å²) >= 11 is 1.87. The lowest BCUT2D eigenvalue weighted by Crippen LogP contribution is -2.33. The van der Waals surface area contributed by atoms with Gasteiger partial charge in [0.15, 0.2) is 0 Å². The molecule has 1 amide bonds. The Labute approximate surface area is 260 Å². The van der Waals surface area contributed by atoms with Crippen LogP contribution in [0.4, 0.5) is 0 Å². The topological polar surface area (TPSA) is 73.6 Å². The van der Waals surface area contributed by atoms with Crippen LogP contribution in [0.2, 0.25) is 0 Å². The van der Waals surface area contributed by atoms with Crippen LogP contribution in [0, 0.1) is 11.3 Å². The first-order valence-electron chi connectivity index (χ1n) is 16.8. The number of carbonyl (C=O) groups is 1. The van der Waals surface area contributed by atoms with E-state index in [0.717, 1.165) is 29.7 Å². The van der Waals surface area contributed by atoms with Gasteiger partial charge >= 0.3 is 0 Å². The Hall–Kier alpha value is -2.39. The first kappa shape index (κ1) is 35.8. The number of benzene rings is 2. The summed E-state index contributed by atoms with van der Waals surface area (Å²) in [4.78, 5) is 15.4. The van der Waals surface area contributed by atoms with Crippen molar-refractivity contribution >= 4 is 28.4 Å².